The molecule has 2 aromatic rings. The van der Waals surface area contributed by atoms with Crippen molar-refractivity contribution in [2.24, 2.45) is 4.99 Å². The van der Waals surface area contributed by atoms with Crippen molar-refractivity contribution in [3.63, 3.8) is 0 Å². The van der Waals surface area contributed by atoms with E-state index in [4.69, 9.17) is 4.74 Å². The molecule has 0 fully saturated rings. The molecule has 2 amide bonds. The van der Waals surface area contributed by atoms with Crippen LogP contribution >= 0.6 is 0 Å². The van der Waals surface area contributed by atoms with Gasteiger partial charge in [-0.05, 0) is 57.2 Å². The van der Waals surface area contributed by atoms with Crippen LogP contribution in [0.3, 0.4) is 0 Å². The molecule has 0 unspecified atom stereocenters. The average molecular weight is 383 g/mol. The largest absolute Gasteiger partial charge is 0.492 e. The molecule has 0 saturated carbocycles. The van der Waals surface area contributed by atoms with E-state index in [0.717, 1.165) is 0 Å². The first-order valence-electron chi connectivity index (χ1n) is 9.01. The maximum absolute atomic E-state index is 13.2. The van der Waals surface area contributed by atoms with Gasteiger partial charge in [-0.15, -0.1) is 0 Å². The first-order chi connectivity index (χ1) is 13.3. The minimum absolute atomic E-state index is 0.166. The Kier molecular flexibility index (Phi) is 5.44. The Morgan fingerprint density at radius 1 is 1.18 bits per heavy atom. The summed E-state index contributed by atoms with van der Waals surface area (Å²) < 4.78 is 18.7. The third-order valence-corrected chi connectivity index (χ3v) is 4.37. The van der Waals surface area contributed by atoms with Gasteiger partial charge < -0.3 is 15.0 Å². The maximum Gasteiger partial charge on any atom is 0.275 e. The molecule has 28 heavy (non-hydrogen) atoms. The summed E-state index contributed by atoms with van der Waals surface area (Å²) in [6, 6.07) is 12.7. The van der Waals surface area contributed by atoms with Crippen molar-refractivity contribution in [2.45, 2.75) is 26.4 Å². The minimum atomic E-state index is -0.891. The van der Waals surface area contributed by atoms with Crippen molar-refractivity contribution < 1.29 is 18.7 Å². The Morgan fingerprint density at radius 2 is 1.86 bits per heavy atom. The number of benzene rings is 2. The van der Waals surface area contributed by atoms with Crippen LogP contribution in [0.15, 0.2) is 53.5 Å². The van der Waals surface area contributed by atoms with Crippen molar-refractivity contribution in [2.75, 3.05) is 18.5 Å². The molecule has 2 aromatic carbocycles. The number of carbonyl (C=O) groups excluding carboxylic acids is 2. The number of carbonyl (C=O) groups is 2. The normalized spacial score (nSPS) is 15.4. The highest BCUT2D eigenvalue weighted by Crippen LogP contribution is 2.27. The third kappa shape index (κ3) is 4.03. The second-order valence-corrected chi connectivity index (χ2v) is 6.83. The molecule has 1 aliphatic rings. The first-order valence-corrected chi connectivity index (χ1v) is 9.01. The molecule has 7 heteroatoms. The van der Waals surface area contributed by atoms with Crippen LogP contribution in [0.4, 0.5) is 10.1 Å². The fraction of sp³-hybridized carbons (Fsp3) is 0.286. The number of nitrogens with zero attached hydrogens (tertiary/aromatic N) is 2. The van der Waals surface area contributed by atoms with E-state index < -0.39 is 11.5 Å². The molecule has 1 heterocycles. The fourth-order valence-electron chi connectivity index (χ4n) is 3.00. The number of nitrogens with one attached hydrogen (secondary N) is 1. The molecule has 0 radical (unpaired) electrons. The smallest absolute Gasteiger partial charge is 0.275 e. The fourth-order valence-corrected chi connectivity index (χ4v) is 3.00. The van der Waals surface area contributed by atoms with E-state index in [1.807, 2.05) is 13.0 Å². The molecule has 0 aliphatic carbocycles. The molecule has 0 bridgehead atoms. The van der Waals surface area contributed by atoms with Crippen LogP contribution in [-0.4, -0.2) is 41.2 Å². The van der Waals surface area contributed by atoms with Gasteiger partial charge in [-0.3, -0.25) is 14.6 Å². The summed E-state index contributed by atoms with van der Waals surface area (Å²) in [5.41, 5.74) is 0.382. The van der Waals surface area contributed by atoms with Gasteiger partial charge in [0.1, 0.15) is 29.5 Å². The number of amides is 2. The van der Waals surface area contributed by atoms with Gasteiger partial charge in [-0.1, -0.05) is 12.1 Å². The number of para-hydroxylation sites is 2. The lowest BCUT2D eigenvalue weighted by Gasteiger charge is -2.28. The van der Waals surface area contributed by atoms with E-state index in [1.165, 1.54) is 29.2 Å². The number of anilines is 1. The van der Waals surface area contributed by atoms with Crippen LogP contribution in [-0.2, 0) is 9.59 Å². The van der Waals surface area contributed by atoms with Crippen molar-refractivity contribution in [1.82, 2.24) is 4.90 Å². The Labute approximate surface area is 163 Å². The van der Waals surface area contributed by atoms with Gasteiger partial charge in [0.05, 0.1) is 12.3 Å². The molecule has 0 saturated heterocycles. The lowest BCUT2D eigenvalue weighted by atomic mass is 10.1. The van der Waals surface area contributed by atoms with Crippen molar-refractivity contribution in [3.8, 4) is 5.75 Å². The van der Waals surface area contributed by atoms with E-state index in [9.17, 15) is 14.0 Å². The van der Waals surface area contributed by atoms with Gasteiger partial charge in [0, 0.05) is 5.56 Å². The molecule has 1 aliphatic heterocycles. The highest BCUT2D eigenvalue weighted by molar-refractivity contribution is 6.47. The highest BCUT2D eigenvalue weighted by Gasteiger charge is 2.41. The molecular formula is C21H22FN3O3. The summed E-state index contributed by atoms with van der Waals surface area (Å²) >= 11 is 0. The molecule has 146 valence electrons. The number of ether oxygens (including phenoxy) is 1. The summed E-state index contributed by atoms with van der Waals surface area (Å²) in [7, 11) is 0. The van der Waals surface area contributed by atoms with E-state index in [-0.39, 0.29) is 24.1 Å². The highest BCUT2D eigenvalue weighted by atomic mass is 19.1. The second kappa shape index (κ2) is 7.80. The number of hydrogen-bond donors (Lipinski definition) is 1. The first kappa shape index (κ1) is 19.5. The topological polar surface area (TPSA) is 71.0 Å². The quantitative estimate of drug-likeness (QED) is 0.833. The molecule has 0 aromatic heterocycles. The van der Waals surface area contributed by atoms with Crippen LogP contribution in [0.25, 0.3) is 0 Å². The van der Waals surface area contributed by atoms with Gasteiger partial charge in [0.25, 0.3) is 5.91 Å². The van der Waals surface area contributed by atoms with Crippen LogP contribution < -0.4 is 10.1 Å². The monoisotopic (exact) mass is 383 g/mol. The van der Waals surface area contributed by atoms with Gasteiger partial charge in [0.15, 0.2) is 0 Å². The molecule has 0 spiro atoms. The molecular weight excluding hydrogens is 361 g/mol. The Balaban J connectivity index is 1.75. The molecule has 3 rings (SSSR count). The van der Waals surface area contributed by atoms with Crippen LogP contribution in [0.2, 0.25) is 0 Å². The van der Waals surface area contributed by atoms with E-state index in [0.29, 0.717) is 23.6 Å². The second-order valence-electron chi connectivity index (χ2n) is 6.83. The minimum Gasteiger partial charge on any atom is -0.492 e. The van der Waals surface area contributed by atoms with Gasteiger partial charge in [-0.25, -0.2) is 4.39 Å². The van der Waals surface area contributed by atoms with Crippen LogP contribution in [0.1, 0.15) is 26.3 Å². The zero-order valence-electron chi connectivity index (χ0n) is 16.0. The number of halogens is 1. The number of hydrogen-bond acceptors (Lipinski definition) is 4. The predicted molar refractivity (Wildman–Crippen MR) is 105 cm³/mol. The van der Waals surface area contributed by atoms with Crippen molar-refractivity contribution in [1.29, 1.82) is 0 Å². The van der Waals surface area contributed by atoms with Gasteiger partial charge in [0.2, 0.25) is 5.91 Å². The Morgan fingerprint density at radius 3 is 2.54 bits per heavy atom. The zero-order valence-corrected chi connectivity index (χ0v) is 16.0. The van der Waals surface area contributed by atoms with Gasteiger partial charge >= 0.3 is 0 Å². The summed E-state index contributed by atoms with van der Waals surface area (Å²) in [5, 5.41) is 2.78. The summed E-state index contributed by atoms with van der Waals surface area (Å²) in [6.45, 7) is 5.67. The Bertz CT molecular complexity index is 923. The molecule has 6 nitrogen and oxygen atoms in total. The summed E-state index contributed by atoms with van der Waals surface area (Å²) in [6.07, 6.45) is 0. The van der Waals surface area contributed by atoms with E-state index >= 15 is 0 Å². The summed E-state index contributed by atoms with van der Waals surface area (Å²) in [4.78, 5) is 31.3. The lowest BCUT2D eigenvalue weighted by molar-refractivity contribution is -0.131. The van der Waals surface area contributed by atoms with E-state index in [1.54, 1.807) is 32.0 Å². The summed E-state index contributed by atoms with van der Waals surface area (Å²) in [5.74, 6) is -0.555. The van der Waals surface area contributed by atoms with Gasteiger partial charge in [-0.2, -0.15) is 0 Å². The third-order valence-electron chi connectivity index (χ3n) is 4.37. The molecule has 0 atom stereocenters. The lowest BCUT2D eigenvalue weighted by Crippen LogP contribution is -2.46. The predicted octanol–water partition coefficient (Wildman–Crippen LogP) is 3.23. The average Bonchev–Trinajstić information content (AvgIpc) is 2.88. The standard InChI is InChI=1S/C21H22FN3O3/c1-4-28-17-8-6-5-7-16(17)23-18(26)13-25-20(27)19(24-21(25,2)3)14-9-11-15(22)12-10-14/h5-12H,4,13H2,1-3H3,(H,23,26). The molecule has 1 N–H and O–H groups in total. The maximum atomic E-state index is 13.2. The van der Waals surface area contributed by atoms with Crippen molar-refractivity contribution in [3.05, 3.63) is 59.9 Å². The van der Waals surface area contributed by atoms with E-state index in [2.05, 4.69) is 10.3 Å². The van der Waals surface area contributed by atoms with Crippen LogP contribution in [0, 0.1) is 5.82 Å². The zero-order chi connectivity index (χ0) is 20.3. The number of rotatable bonds is 6. The SMILES string of the molecule is CCOc1ccccc1NC(=O)CN1C(=O)C(c2ccc(F)cc2)=NC1(C)C. The Hall–Kier alpha value is -3.22. The van der Waals surface area contributed by atoms with Crippen LogP contribution in [0.5, 0.6) is 5.75 Å². The number of aliphatic imine (C=N–C) groups is 1. The van der Waals surface area contributed by atoms with Crippen molar-refractivity contribution >= 4 is 23.2 Å².